The minimum absolute atomic E-state index is 0.102. The summed E-state index contributed by atoms with van der Waals surface area (Å²) in [6.07, 6.45) is 2.50. The van der Waals surface area contributed by atoms with Gasteiger partial charge < -0.3 is 14.8 Å². The van der Waals surface area contributed by atoms with E-state index in [0.717, 1.165) is 17.0 Å². The average molecular weight is 305 g/mol. The lowest BCUT2D eigenvalue weighted by molar-refractivity contribution is -0.122. The second kappa shape index (κ2) is 6.36. The van der Waals surface area contributed by atoms with Gasteiger partial charge >= 0.3 is 0 Å². The number of carbonyl (C=O) groups excluding carboxylic acids is 1. The maximum atomic E-state index is 12.0. The summed E-state index contributed by atoms with van der Waals surface area (Å²) in [5, 5.41) is 17.4. The molecule has 6 heteroatoms. The number of aliphatic hydroxyl groups is 1. The normalized spacial score (nSPS) is 13.9. The van der Waals surface area contributed by atoms with Gasteiger partial charge in [0.15, 0.2) is 0 Å². The third-order valence-corrected chi connectivity index (χ3v) is 3.94. The fraction of sp³-hybridized carbons (Fsp3) is 0.500. The van der Waals surface area contributed by atoms with E-state index in [1.165, 1.54) is 6.26 Å². The highest BCUT2D eigenvalue weighted by Crippen LogP contribution is 2.20. The molecule has 0 saturated carbocycles. The van der Waals surface area contributed by atoms with E-state index in [9.17, 15) is 9.90 Å². The van der Waals surface area contributed by atoms with Crippen molar-refractivity contribution in [3.05, 3.63) is 41.1 Å². The quantitative estimate of drug-likeness (QED) is 0.849. The van der Waals surface area contributed by atoms with Crippen LogP contribution in [0.25, 0.3) is 0 Å². The Kier molecular flexibility index (Phi) is 4.71. The number of furan rings is 1. The monoisotopic (exact) mass is 305 g/mol. The van der Waals surface area contributed by atoms with Crippen molar-refractivity contribution < 1.29 is 14.3 Å². The summed E-state index contributed by atoms with van der Waals surface area (Å²) >= 11 is 0. The zero-order valence-corrected chi connectivity index (χ0v) is 13.5. The molecule has 1 amide bonds. The molecule has 2 aromatic heterocycles. The molecule has 0 spiro atoms. The molecule has 22 heavy (non-hydrogen) atoms. The molecule has 0 aliphatic heterocycles. The molecule has 6 nitrogen and oxygen atoms in total. The van der Waals surface area contributed by atoms with Gasteiger partial charge in [0, 0.05) is 19.2 Å². The van der Waals surface area contributed by atoms with E-state index in [1.807, 2.05) is 25.6 Å². The molecule has 2 heterocycles. The Morgan fingerprint density at radius 2 is 2.23 bits per heavy atom. The van der Waals surface area contributed by atoms with E-state index in [1.54, 1.807) is 19.1 Å². The van der Waals surface area contributed by atoms with Crippen LogP contribution >= 0.6 is 0 Å². The summed E-state index contributed by atoms with van der Waals surface area (Å²) in [4.78, 5) is 12.0. The number of hydrogen-bond acceptors (Lipinski definition) is 4. The zero-order valence-electron chi connectivity index (χ0n) is 13.5. The second-order valence-corrected chi connectivity index (χ2v) is 5.80. The summed E-state index contributed by atoms with van der Waals surface area (Å²) in [7, 11) is 1.90. The number of nitrogens with zero attached hydrogens (tertiary/aromatic N) is 2. The summed E-state index contributed by atoms with van der Waals surface area (Å²) < 4.78 is 7.01. The summed E-state index contributed by atoms with van der Waals surface area (Å²) in [5.74, 6) is 0.334. The molecule has 2 rings (SSSR count). The predicted molar refractivity (Wildman–Crippen MR) is 82.3 cm³/mol. The standard InChI is InChI=1S/C16H23N3O3/c1-11-13(12(2)19(4)18-11)7-8-15(20)17-10-16(3,21)14-6-5-9-22-14/h5-6,9,21H,7-8,10H2,1-4H3,(H,17,20). The van der Waals surface area contributed by atoms with Gasteiger partial charge in [-0.25, -0.2) is 0 Å². The number of rotatable bonds is 6. The smallest absolute Gasteiger partial charge is 0.220 e. The van der Waals surface area contributed by atoms with Gasteiger partial charge in [-0.3, -0.25) is 9.48 Å². The highest BCUT2D eigenvalue weighted by atomic mass is 16.4. The largest absolute Gasteiger partial charge is 0.466 e. The third-order valence-electron chi connectivity index (χ3n) is 3.94. The van der Waals surface area contributed by atoms with Crippen LogP contribution in [0.15, 0.2) is 22.8 Å². The summed E-state index contributed by atoms with van der Waals surface area (Å²) in [5.41, 5.74) is 1.93. The first kappa shape index (κ1) is 16.3. The molecule has 1 unspecified atom stereocenters. The molecule has 1 atom stereocenters. The highest BCUT2D eigenvalue weighted by Gasteiger charge is 2.26. The molecular formula is C16H23N3O3. The SMILES string of the molecule is Cc1nn(C)c(C)c1CCC(=O)NCC(C)(O)c1ccco1. The Morgan fingerprint density at radius 3 is 2.77 bits per heavy atom. The average Bonchev–Trinajstić information content (AvgIpc) is 3.06. The van der Waals surface area contributed by atoms with Gasteiger partial charge in [-0.2, -0.15) is 5.10 Å². The van der Waals surface area contributed by atoms with E-state index in [-0.39, 0.29) is 12.5 Å². The van der Waals surface area contributed by atoms with Gasteiger partial charge in [0.1, 0.15) is 11.4 Å². The first-order valence-electron chi connectivity index (χ1n) is 7.33. The Morgan fingerprint density at radius 1 is 1.50 bits per heavy atom. The molecule has 0 aromatic carbocycles. The Balaban J connectivity index is 1.86. The van der Waals surface area contributed by atoms with Crippen molar-refractivity contribution in [3.63, 3.8) is 0 Å². The molecule has 0 fully saturated rings. The van der Waals surface area contributed by atoms with Gasteiger partial charge in [0.2, 0.25) is 5.91 Å². The number of carbonyl (C=O) groups is 1. The molecule has 0 aliphatic rings. The second-order valence-electron chi connectivity index (χ2n) is 5.80. The van der Waals surface area contributed by atoms with Crippen molar-refractivity contribution in [3.8, 4) is 0 Å². The minimum Gasteiger partial charge on any atom is -0.466 e. The summed E-state index contributed by atoms with van der Waals surface area (Å²) in [6, 6.07) is 3.40. The van der Waals surface area contributed by atoms with Crippen LogP contribution in [-0.4, -0.2) is 27.3 Å². The van der Waals surface area contributed by atoms with Crippen molar-refractivity contribution in [1.82, 2.24) is 15.1 Å². The molecular weight excluding hydrogens is 282 g/mol. The van der Waals surface area contributed by atoms with Crippen LogP contribution in [0.4, 0.5) is 0 Å². The lowest BCUT2D eigenvalue weighted by Crippen LogP contribution is -2.38. The molecule has 0 bridgehead atoms. The van der Waals surface area contributed by atoms with Crippen molar-refractivity contribution >= 4 is 5.91 Å². The van der Waals surface area contributed by atoms with Crippen molar-refractivity contribution in [1.29, 1.82) is 0 Å². The molecule has 0 saturated heterocycles. The molecule has 120 valence electrons. The van der Waals surface area contributed by atoms with E-state index < -0.39 is 5.60 Å². The van der Waals surface area contributed by atoms with Gasteiger partial charge in [0.25, 0.3) is 0 Å². The van der Waals surface area contributed by atoms with Crippen LogP contribution < -0.4 is 5.32 Å². The van der Waals surface area contributed by atoms with Gasteiger partial charge in [-0.15, -0.1) is 0 Å². The maximum absolute atomic E-state index is 12.0. The molecule has 0 aliphatic carbocycles. The molecule has 2 aromatic rings. The fourth-order valence-electron chi connectivity index (χ4n) is 2.45. The predicted octanol–water partition coefficient (Wildman–Crippen LogP) is 1.59. The lowest BCUT2D eigenvalue weighted by atomic mass is 10.0. The number of aromatic nitrogens is 2. The van der Waals surface area contributed by atoms with Crippen LogP contribution in [0.2, 0.25) is 0 Å². The minimum atomic E-state index is -1.21. The van der Waals surface area contributed by atoms with Crippen molar-refractivity contribution in [2.75, 3.05) is 6.54 Å². The fourth-order valence-corrected chi connectivity index (χ4v) is 2.45. The van der Waals surface area contributed by atoms with E-state index >= 15 is 0 Å². The Labute approximate surface area is 130 Å². The first-order chi connectivity index (χ1) is 10.3. The van der Waals surface area contributed by atoms with Crippen LogP contribution in [-0.2, 0) is 23.9 Å². The Bertz CT molecular complexity index is 642. The molecule has 0 radical (unpaired) electrons. The maximum Gasteiger partial charge on any atom is 0.220 e. The lowest BCUT2D eigenvalue weighted by Gasteiger charge is -2.21. The van der Waals surface area contributed by atoms with Crippen LogP contribution in [0, 0.1) is 13.8 Å². The zero-order chi connectivity index (χ0) is 16.3. The van der Waals surface area contributed by atoms with Crippen molar-refractivity contribution in [2.24, 2.45) is 7.05 Å². The van der Waals surface area contributed by atoms with Gasteiger partial charge in [0.05, 0.1) is 18.5 Å². The first-order valence-corrected chi connectivity index (χ1v) is 7.33. The van der Waals surface area contributed by atoms with E-state index in [4.69, 9.17) is 4.42 Å². The Hall–Kier alpha value is -2.08. The number of amides is 1. The van der Waals surface area contributed by atoms with Gasteiger partial charge in [-0.05, 0) is 44.9 Å². The highest BCUT2D eigenvalue weighted by molar-refractivity contribution is 5.76. The van der Waals surface area contributed by atoms with Crippen LogP contribution in [0.1, 0.15) is 36.1 Å². The topological polar surface area (TPSA) is 80.3 Å². The van der Waals surface area contributed by atoms with Crippen LogP contribution in [0.3, 0.4) is 0 Å². The molecule has 2 N–H and O–H groups in total. The number of aryl methyl sites for hydroxylation is 2. The van der Waals surface area contributed by atoms with Crippen LogP contribution in [0.5, 0.6) is 0 Å². The van der Waals surface area contributed by atoms with Gasteiger partial charge in [-0.1, -0.05) is 0 Å². The van der Waals surface area contributed by atoms with E-state index in [0.29, 0.717) is 18.6 Å². The summed E-state index contributed by atoms with van der Waals surface area (Å²) in [6.45, 7) is 5.67. The van der Waals surface area contributed by atoms with Crippen molar-refractivity contribution in [2.45, 2.75) is 39.2 Å². The third kappa shape index (κ3) is 3.57. The number of nitrogens with one attached hydrogen (secondary N) is 1. The van der Waals surface area contributed by atoms with E-state index in [2.05, 4.69) is 10.4 Å². The number of hydrogen-bond donors (Lipinski definition) is 2.